The molecule has 0 saturated carbocycles. The Kier molecular flexibility index (Phi) is 5.28. The van der Waals surface area contributed by atoms with E-state index < -0.39 is 0 Å². The number of benzene rings is 2. The zero-order chi connectivity index (χ0) is 18.4. The number of tetrazole rings is 1. The summed E-state index contributed by atoms with van der Waals surface area (Å²) >= 11 is 0. The molecule has 0 saturated heterocycles. The van der Waals surface area contributed by atoms with Crippen molar-refractivity contribution in [2.75, 3.05) is 26.1 Å². The first-order chi connectivity index (χ1) is 12.7. The van der Waals surface area contributed by atoms with Crippen molar-refractivity contribution in [2.45, 2.75) is 0 Å². The van der Waals surface area contributed by atoms with Gasteiger partial charge < -0.3 is 19.5 Å². The van der Waals surface area contributed by atoms with E-state index in [1.54, 1.807) is 43.5 Å². The van der Waals surface area contributed by atoms with Crippen molar-refractivity contribution < 1.29 is 19.0 Å². The van der Waals surface area contributed by atoms with Gasteiger partial charge in [-0.2, -0.15) is 0 Å². The molecule has 0 radical (unpaired) electrons. The summed E-state index contributed by atoms with van der Waals surface area (Å²) in [6, 6.07) is 12.2. The maximum Gasteiger partial charge on any atom is 0.262 e. The molecule has 3 rings (SSSR count). The topological polar surface area (TPSA) is 100 Å². The van der Waals surface area contributed by atoms with Crippen LogP contribution in [0.5, 0.6) is 17.2 Å². The van der Waals surface area contributed by atoms with Crippen LogP contribution < -0.4 is 19.5 Å². The van der Waals surface area contributed by atoms with Crippen molar-refractivity contribution in [2.24, 2.45) is 0 Å². The van der Waals surface area contributed by atoms with E-state index in [2.05, 4.69) is 20.8 Å². The second-order valence-corrected chi connectivity index (χ2v) is 5.15. The third-order valence-corrected chi connectivity index (χ3v) is 3.48. The van der Waals surface area contributed by atoms with E-state index in [1.807, 2.05) is 6.07 Å². The summed E-state index contributed by atoms with van der Waals surface area (Å²) in [5, 5.41) is 13.7. The van der Waals surface area contributed by atoms with Crippen molar-refractivity contribution >= 4 is 11.6 Å². The lowest BCUT2D eigenvalue weighted by Gasteiger charge is -2.12. The molecule has 9 heteroatoms. The van der Waals surface area contributed by atoms with Gasteiger partial charge in [-0.15, -0.1) is 5.10 Å². The smallest absolute Gasteiger partial charge is 0.262 e. The van der Waals surface area contributed by atoms with Crippen molar-refractivity contribution in [3.8, 4) is 22.9 Å². The van der Waals surface area contributed by atoms with Crippen LogP contribution in [0.4, 0.5) is 5.69 Å². The summed E-state index contributed by atoms with van der Waals surface area (Å²) in [7, 11) is 3.08. The average molecular weight is 355 g/mol. The van der Waals surface area contributed by atoms with Crippen molar-refractivity contribution in [1.29, 1.82) is 0 Å². The number of hydrogen-bond acceptors (Lipinski definition) is 7. The minimum absolute atomic E-state index is 0.158. The highest BCUT2D eigenvalue weighted by molar-refractivity contribution is 5.93. The Labute approximate surface area is 149 Å². The lowest BCUT2D eigenvalue weighted by molar-refractivity contribution is -0.118. The molecule has 1 N–H and O–H groups in total. The van der Waals surface area contributed by atoms with Crippen LogP contribution >= 0.6 is 0 Å². The second-order valence-electron chi connectivity index (χ2n) is 5.15. The minimum atomic E-state index is -0.318. The molecule has 0 aliphatic carbocycles. The fourth-order valence-electron chi connectivity index (χ4n) is 2.23. The van der Waals surface area contributed by atoms with Gasteiger partial charge in [0.05, 0.1) is 25.6 Å². The molecule has 1 aromatic heterocycles. The summed E-state index contributed by atoms with van der Waals surface area (Å²) in [6.07, 6.45) is 1.47. The quantitative estimate of drug-likeness (QED) is 0.688. The molecular weight excluding hydrogens is 338 g/mol. The highest BCUT2D eigenvalue weighted by atomic mass is 16.5. The zero-order valence-corrected chi connectivity index (χ0v) is 14.2. The fraction of sp³-hybridized carbons (Fsp3) is 0.176. The van der Waals surface area contributed by atoms with Gasteiger partial charge in [-0.05, 0) is 34.7 Å². The van der Waals surface area contributed by atoms with Crippen LogP contribution in [0.1, 0.15) is 0 Å². The van der Waals surface area contributed by atoms with E-state index in [0.717, 1.165) is 5.69 Å². The van der Waals surface area contributed by atoms with Crippen LogP contribution in [0.2, 0.25) is 0 Å². The molecule has 0 atom stereocenters. The number of rotatable bonds is 7. The number of nitrogens with one attached hydrogen (secondary N) is 1. The van der Waals surface area contributed by atoms with Gasteiger partial charge in [0, 0.05) is 12.1 Å². The molecule has 2 aromatic carbocycles. The van der Waals surface area contributed by atoms with Crippen molar-refractivity contribution in [3.05, 3.63) is 48.8 Å². The number of ether oxygens (including phenoxy) is 3. The number of aromatic nitrogens is 4. The number of carbonyl (C=O) groups excluding carboxylic acids is 1. The Morgan fingerprint density at radius 1 is 1.12 bits per heavy atom. The van der Waals surface area contributed by atoms with E-state index in [9.17, 15) is 4.79 Å². The Balaban J connectivity index is 1.62. The lowest BCUT2D eigenvalue weighted by atomic mass is 10.2. The fourth-order valence-corrected chi connectivity index (χ4v) is 2.23. The van der Waals surface area contributed by atoms with Gasteiger partial charge in [-0.1, -0.05) is 6.07 Å². The van der Waals surface area contributed by atoms with Gasteiger partial charge in [0.15, 0.2) is 6.61 Å². The van der Waals surface area contributed by atoms with Crippen LogP contribution in [-0.2, 0) is 4.79 Å². The van der Waals surface area contributed by atoms with Crippen LogP contribution in [-0.4, -0.2) is 46.9 Å². The lowest BCUT2D eigenvalue weighted by Crippen LogP contribution is -2.20. The van der Waals surface area contributed by atoms with Gasteiger partial charge >= 0.3 is 0 Å². The number of amides is 1. The predicted octanol–water partition coefficient (Wildman–Crippen LogP) is 1.70. The Bertz CT molecular complexity index is 883. The van der Waals surface area contributed by atoms with Crippen LogP contribution in [0, 0.1) is 0 Å². The molecule has 1 amide bonds. The summed E-state index contributed by atoms with van der Waals surface area (Å²) < 4.78 is 17.4. The monoisotopic (exact) mass is 355 g/mol. The van der Waals surface area contributed by atoms with Crippen LogP contribution in [0.3, 0.4) is 0 Å². The number of hydrogen-bond donors (Lipinski definition) is 1. The van der Waals surface area contributed by atoms with E-state index in [-0.39, 0.29) is 12.5 Å². The summed E-state index contributed by atoms with van der Waals surface area (Å²) in [6.45, 7) is -0.158. The molecular formula is C17H17N5O4. The maximum atomic E-state index is 12.2. The molecule has 26 heavy (non-hydrogen) atoms. The summed E-state index contributed by atoms with van der Waals surface area (Å²) in [5.74, 6) is 1.34. The third kappa shape index (κ3) is 4.07. The van der Waals surface area contributed by atoms with Crippen LogP contribution in [0.25, 0.3) is 5.69 Å². The second kappa shape index (κ2) is 7.97. The third-order valence-electron chi connectivity index (χ3n) is 3.48. The standard InChI is InChI=1S/C17H17N5O4/c1-24-13-6-7-15(16(9-13)25-2)19-17(23)10-26-14-5-3-4-12(8-14)22-11-18-20-21-22/h3-9,11H,10H2,1-2H3,(H,19,23). The predicted molar refractivity (Wildman–Crippen MR) is 92.8 cm³/mol. The number of carbonyl (C=O) groups is 1. The molecule has 0 spiro atoms. The summed E-state index contributed by atoms with van der Waals surface area (Å²) in [5.41, 5.74) is 1.26. The van der Waals surface area contributed by atoms with Crippen molar-refractivity contribution in [3.63, 3.8) is 0 Å². The Morgan fingerprint density at radius 2 is 2.00 bits per heavy atom. The molecule has 0 aliphatic heterocycles. The van der Waals surface area contributed by atoms with Gasteiger partial charge in [-0.25, -0.2) is 4.68 Å². The first kappa shape index (κ1) is 17.2. The number of methoxy groups -OCH3 is 2. The molecule has 3 aromatic rings. The van der Waals surface area contributed by atoms with Crippen molar-refractivity contribution in [1.82, 2.24) is 20.2 Å². The highest BCUT2D eigenvalue weighted by Crippen LogP contribution is 2.29. The van der Waals surface area contributed by atoms with E-state index in [4.69, 9.17) is 14.2 Å². The molecule has 0 unspecified atom stereocenters. The normalized spacial score (nSPS) is 10.2. The Hall–Kier alpha value is -3.62. The minimum Gasteiger partial charge on any atom is -0.497 e. The SMILES string of the molecule is COc1ccc(NC(=O)COc2cccc(-n3cnnn3)c2)c(OC)c1. The first-order valence-corrected chi connectivity index (χ1v) is 7.67. The molecule has 9 nitrogen and oxygen atoms in total. The first-order valence-electron chi connectivity index (χ1n) is 7.67. The molecule has 0 bridgehead atoms. The van der Waals surface area contributed by atoms with Gasteiger partial charge in [-0.3, -0.25) is 4.79 Å². The summed E-state index contributed by atoms with van der Waals surface area (Å²) in [4.78, 5) is 12.2. The number of nitrogens with zero attached hydrogens (tertiary/aromatic N) is 4. The average Bonchev–Trinajstić information content (AvgIpc) is 3.22. The molecule has 1 heterocycles. The van der Waals surface area contributed by atoms with Gasteiger partial charge in [0.25, 0.3) is 5.91 Å². The molecule has 134 valence electrons. The molecule has 0 aliphatic rings. The van der Waals surface area contributed by atoms with Gasteiger partial charge in [0.1, 0.15) is 23.6 Å². The zero-order valence-electron chi connectivity index (χ0n) is 14.2. The molecule has 0 fully saturated rings. The van der Waals surface area contributed by atoms with E-state index in [1.165, 1.54) is 18.1 Å². The van der Waals surface area contributed by atoms with Gasteiger partial charge in [0.2, 0.25) is 0 Å². The highest BCUT2D eigenvalue weighted by Gasteiger charge is 2.10. The number of anilines is 1. The largest absolute Gasteiger partial charge is 0.497 e. The van der Waals surface area contributed by atoms with Crippen LogP contribution in [0.15, 0.2) is 48.8 Å². The van der Waals surface area contributed by atoms with E-state index in [0.29, 0.717) is 22.9 Å². The van der Waals surface area contributed by atoms with E-state index >= 15 is 0 Å². The maximum absolute atomic E-state index is 12.2. The Morgan fingerprint density at radius 3 is 2.73 bits per heavy atom.